The normalized spacial score (nSPS) is 12.0. The second-order valence-corrected chi connectivity index (χ2v) is 5.96. The maximum atomic E-state index is 11.9. The average Bonchev–Trinajstić information content (AvgIpc) is 2.52. The highest BCUT2D eigenvalue weighted by Crippen LogP contribution is 2.21. The molecule has 1 atom stereocenters. The van der Waals surface area contributed by atoms with Gasteiger partial charge < -0.3 is 15.4 Å². The molecule has 2 aromatic rings. The zero-order valence-corrected chi connectivity index (χ0v) is 14.4. The maximum absolute atomic E-state index is 11.9. The highest BCUT2D eigenvalue weighted by Gasteiger charge is 2.13. The van der Waals surface area contributed by atoms with Gasteiger partial charge in [0.2, 0.25) is 5.91 Å². The molecule has 1 aromatic heterocycles. The van der Waals surface area contributed by atoms with Crippen molar-refractivity contribution in [2.24, 2.45) is 0 Å². The molecule has 0 spiro atoms. The van der Waals surface area contributed by atoms with Crippen molar-refractivity contribution in [1.29, 1.82) is 0 Å². The minimum Gasteiger partial charge on any atom is -0.387 e. The molecule has 1 unspecified atom stereocenters. The zero-order valence-electron chi connectivity index (χ0n) is 13.6. The Morgan fingerprint density at radius 3 is 2.75 bits per heavy atom. The SMILES string of the molecule is Cc1nc(C)c(CCC(=O)NCC(O)c2ccccc2Cl)c(=O)[nH]1. The number of hydrogen-bond acceptors (Lipinski definition) is 4. The van der Waals surface area contributed by atoms with Gasteiger partial charge in [-0.3, -0.25) is 9.59 Å². The Kier molecular flexibility index (Phi) is 6.11. The van der Waals surface area contributed by atoms with Crippen molar-refractivity contribution in [3.05, 3.63) is 62.3 Å². The first-order valence-corrected chi connectivity index (χ1v) is 8.02. The van der Waals surface area contributed by atoms with E-state index in [2.05, 4.69) is 15.3 Å². The van der Waals surface area contributed by atoms with E-state index in [9.17, 15) is 14.7 Å². The van der Waals surface area contributed by atoms with Crippen LogP contribution in [0.5, 0.6) is 0 Å². The predicted octanol–water partition coefficient (Wildman–Crippen LogP) is 1.82. The number of rotatable bonds is 6. The van der Waals surface area contributed by atoms with Gasteiger partial charge in [-0.25, -0.2) is 4.98 Å². The third kappa shape index (κ3) is 4.66. The zero-order chi connectivity index (χ0) is 17.7. The number of aromatic amines is 1. The summed E-state index contributed by atoms with van der Waals surface area (Å²) in [5.41, 5.74) is 1.47. The maximum Gasteiger partial charge on any atom is 0.254 e. The van der Waals surface area contributed by atoms with Crippen LogP contribution in [0.25, 0.3) is 0 Å². The lowest BCUT2D eigenvalue weighted by Gasteiger charge is -2.13. The van der Waals surface area contributed by atoms with Crippen LogP contribution in [0.2, 0.25) is 5.02 Å². The smallest absolute Gasteiger partial charge is 0.254 e. The number of carbonyl (C=O) groups excluding carboxylic acids is 1. The van der Waals surface area contributed by atoms with Crippen LogP contribution in [0.4, 0.5) is 0 Å². The molecular formula is C17H20ClN3O3. The van der Waals surface area contributed by atoms with Crippen LogP contribution in [0, 0.1) is 13.8 Å². The first kappa shape index (κ1) is 18.2. The molecule has 0 bridgehead atoms. The topological polar surface area (TPSA) is 95.1 Å². The van der Waals surface area contributed by atoms with Gasteiger partial charge in [0.15, 0.2) is 0 Å². The number of aliphatic hydroxyl groups excluding tert-OH is 1. The van der Waals surface area contributed by atoms with Crippen molar-refractivity contribution in [2.45, 2.75) is 32.8 Å². The highest BCUT2D eigenvalue weighted by atomic mass is 35.5. The van der Waals surface area contributed by atoms with E-state index in [-0.39, 0.29) is 24.4 Å². The first-order valence-electron chi connectivity index (χ1n) is 7.64. The van der Waals surface area contributed by atoms with E-state index in [4.69, 9.17) is 11.6 Å². The van der Waals surface area contributed by atoms with Gasteiger partial charge >= 0.3 is 0 Å². The number of carbonyl (C=O) groups is 1. The van der Waals surface area contributed by atoms with Crippen molar-refractivity contribution < 1.29 is 9.90 Å². The summed E-state index contributed by atoms with van der Waals surface area (Å²) in [5.74, 6) is 0.300. The van der Waals surface area contributed by atoms with Crippen LogP contribution in [0.15, 0.2) is 29.1 Å². The lowest BCUT2D eigenvalue weighted by Crippen LogP contribution is -2.29. The van der Waals surface area contributed by atoms with Gasteiger partial charge in [0, 0.05) is 34.8 Å². The number of nitrogens with one attached hydrogen (secondary N) is 2. The summed E-state index contributed by atoms with van der Waals surface area (Å²) in [4.78, 5) is 30.6. The Labute approximate surface area is 144 Å². The number of aromatic nitrogens is 2. The van der Waals surface area contributed by atoms with Crippen LogP contribution in [-0.4, -0.2) is 27.5 Å². The molecule has 0 saturated carbocycles. The summed E-state index contributed by atoms with van der Waals surface area (Å²) in [6.07, 6.45) is -0.444. The number of aryl methyl sites for hydroxylation is 2. The second kappa shape index (κ2) is 8.08. The molecule has 1 aromatic carbocycles. The molecular weight excluding hydrogens is 330 g/mol. The van der Waals surface area contributed by atoms with Gasteiger partial charge in [-0.2, -0.15) is 0 Å². The standard InChI is InChI=1S/C17H20ClN3O3/c1-10-12(17(24)21-11(2)20-10)7-8-16(23)19-9-15(22)13-5-3-4-6-14(13)18/h3-6,15,22H,7-9H2,1-2H3,(H,19,23)(H,20,21,24). The fraction of sp³-hybridized carbons (Fsp3) is 0.353. The summed E-state index contributed by atoms with van der Waals surface area (Å²) < 4.78 is 0. The third-order valence-corrected chi connectivity index (χ3v) is 4.04. The largest absolute Gasteiger partial charge is 0.387 e. The van der Waals surface area contributed by atoms with Crippen molar-refractivity contribution in [3.8, 4) is 0 Å². The van der Waals surface area contributed by atoms with Gasteiger partial charge in [-0.05, 0) is 26.3 Å². The van der Waals surface area contributed by atoms with Gasteiger partial charge in [0.1, 0.15) is 5.82 Å². The summed E-state index contributed by atoms with van der Waals surface area (Å²) in [7, 11) is 0. The van der Waals surface area contributed by atoms with E-state index in [0.717, 1.165) is 0 Å². The lowest BCUT2D eigenvalue weighted by atomic mass is 10.1. The number of halogens is 1. The van der Waals surface area contributed by atoms with E-state index in [1.54, 1.807) is 38.1 Å². The lowest BCUT2D eigenvalue weighted by molar-refractivity contribution is -0.121. The number of H-pyrrole nitrogens is 1. The van der Waals surface area contributed by atoms with Crippen molar-refractivity contribution in [3.63, 3.8) is 0 Å². The van der Waals surface area contributed by atoms with Crippen LogP contribution >= 0.6 is 11.6 Å². The number of hydrogen-bond donors (Lipinski definition) is 3. The van der Waals surface area contributed by atoms with Gasteiger partial charge in [0.05, 0.1) is 6.10 Å². The van der Waals surface area contributed by atoms with E-state index in [0.29, 0.717) is 34.1 Å². The van der Waals surface area contributed by atoms with Crippen LogP contribution in [0.1, 0.15) is 35.2 Å². The molecule has 0 fully saturated rings. The number of aliphatic hydroxyl groups is 1. The third-order valence-electron chi connectivity index (χ3n) is 3.70. The Morgan fingerprint density at radius 1 is 1.38 bits per heavy atom. The Bertz CT molecular complexity index is 789. The average molecular weight is 350 g/mol. The van der Waals surface area contributed by atoms with Crippen LogP contribution < -0.4 is 10.9 Å². The monoisotopic (exact) mass is 349 g/mol. The fourth-order valence-corrected chi connectivity index (χ4v) is 2.70. The van der Waals surface area contributed by atoms with Crippen molar-refractivity contribution >= 4 is 17.5 Å². The quantitative estimate of drug-likeness (QED) is 0.741. The molecule has 1 heterocycles. The minimum absolute atomic E-state index is 0.0596. The molecule has 0 aliphatic rings. The molecule has 6 nitrogen and oxygen atoms in total. The molecule has 24 heavy (non-hydrogen) atoms. The van der Waals surface area contributed by atoms with Gasteiger partial charge in [-0.15, -0.1) is 0 Å². The molecule has 0 aliphatic carbocycles. The Morgan fingerprint density at radius 2 is 2.08 bits per heavy atom. The summed E-state index contributed by atoms with van der Waals surface area (Å²) in [5, 5.41) is 13.2. The van der Waals surface area contributed by atoms with Crippen molar-refractivity contribution in [2.75, 3.05) is 6.54 Å². The van der Waals surface area contributed by atoms with Gasteiger partial charge in [0.25, 0.3) is 5.56 Å². The Balaban J connectivity index is 1.88. The molecule has 2 rings (SSSR count). The first-order chi connectivity index (χ1) is 11.4. The van der Waals surface area contributed by atoms with Crippen LogP contribution in [0.3, 0.4) is 0 Å². The molecule has 128 valence electrons. The molecule has 3 N–H and O–H groups in total. The van der Waals surface area contributed by atoms with Crippen LogP contribution in [-0.2, 0) is 11.2 Å². The molecule has 0 saturated heterocycles. The van der Waals surface area contributed by atoms with E-state index < -0.39 is 6.10 Å². The van der Waals surface area contributed by atoms with Gasteiger partial charge in [-0.1, -0.05) is 29.8 Å². The van der Waals surface area contributed by atoms with E-state index >= 15 is 0 Å². The van der Waals surface area contributed by atoms with E-state index in [1.165, 1.54) is 0 Å². The van der Waals surface area contributed by atoms with E-state index in [1.807, 2.05) is 0 Å². The van der Waals surface area contributed by atoms with Crippen molar-refractivity contribution in [1.82, 2.24) is 15.3 Å². The molecule has 1 amide bonds. The number of nitrogens with zero attached hydrogens (tertiary/aromatic N) is 1. The Hall–Kier alpha value is -2.18. The summed E-state index contributed by atoms with van der Waals surface area (Å²) >= 11 is 6.01. The molecule has 0 aliphatic heterocycles. The second-order valence-electron chi connectivity index (χ2n) is 5.56. The number of benzene rings is 1. The summed E-state index contributed by atoms with van der Waals surface area (Å²) in [6.45, 7) is 3.52. The summed E-state index contributed by atoms with van der Waals surface area (Å²) in [6, 6.07) is 6.93. The molecule has 0 radical (unpaired) electrons. The minimum atomic E-state index is -0.881. The highest BCUT2D eigenvalue weighted by molar-refractivity contribution is 6.31. The number of amides is 1. The fourth-order valence-electron chi connectivity index (χ4n) is 2.44. The predicted molar refractivity (Wildman–Crippen MR) is 92.1 cm³/mol. The molecule has 7 heteroatoms.